The highest BCUT2D eigenvalue weighted by Crippen LogP contribution is 1.68. The lowest BCUT2D eigenvalue weighted by Crippen LogP contribution is -2.25. The van der Waals surface area contributed by atoms with Gasteiger partial charge in [0.25, 0.3) is 0 Å². The van der Waals surface area contributed by atoms with Crippen molar-refractivity contribution >= 4 is 0 Å². The Hall–Kier alpha value is -0.200. The lowest BCUT2D eigenvalue weighted by atomic mass is 10.7. The van der Waals surface area contributed by atoms with Crippen LogP contribution in [0.25, 0.3) is 0 Å². The molecule has 0 saturated heterocycles. The van der Waals surface area contributed by atoms with Crippen LogP contribution >= 0.6 is 0 Å². The van der Waals surface area contributed by atoms with Gasteiger partial charge in [-0.3, -0.25) is 10.6 Å². The Morgan fingerprint density at radius 1 is 1.09 bits per heavy atom. The summed E-state index contributed by atoms with van der Waals surface area (Å²) in [7, 11) is 0. The molecule has 0 spiro atoms. The minimum Gasteiger partial charge on any atom is -0.395 e. The van der Waals surface area contributed by atoms with Gasteiger partial charge in [0, 0.05) is 13.1 Å². The van der Waals surface area contributed by atoms with Gasteiger partial charge >= 0.3 is 0 Å². The van der Waals surface area contributed by atoms with E-state index in [2.05, 4.69) is 10.6 Å². The van der Waals surface area contributed by atoms with Gasteiger partial charge in [-0.1, -0.05) is 0 Å². The smallest absolute Gasteiger partial charge is 0.0966 e. The first-order chi connectivity index (χ1) is 5.41. The highest BCUT2D eigenvalue weighted by atomic mass is 16.5. The first kappa shape index (κ1) is 10.8. The molecule has 4 N–H and O–H groups in total. The van der Waals surface area contributed by atoms with Crippen molar-refractivity contribution in [2.75, 3.05) is 39.8 Å². The Balaban J connectivity index is 2.69. The summed E-state index contributed by atoms with van der Waals surface area (Å²) < 4.78 is 5.04. The van der Waals surface area contributed by atoms with Crippen LogP contribution < -0.4 is 10.6 Å². The summed E-state index contributed by atoms with van der Waals surface area (Å²) in [6.45, 7) is 2.28. The molecule has 0 radical (unpaired) electrons. The van der Waals surface area contributed by atoms with Crippen LogP contribution in [0.2, 0.25) is 0 Å². The van der Waals surface area contributed by atoms with Crippen molar-refractivity contribution in [1.82, 2.24) is 10.6 Å². The molecule has 0 atom stereocenters. The average molecular weight is 164 g/mol. The second-order valence-electron chi connectivity index (χ2n) is 1.93. The van der Waals surface area contributed by atoms with Gasteiger partial charge in [-0.15, -0.1) is 0 Å². The molecule has 0 aromatic heterocycles. The Bertz CT molecular complexity index is 64.8. The molecule has 5 nitrogen and oxygen atoms in total. The topological polar surface area (TPSA) is 73.8 Å². The van der Waals surface area contributed by atoms with E-state index in [1.165, 1.54) is 0 Å². The number of aliphatic hydroxyl groups excluding tert-OH is 2. The summed E-state index contributed by atoms with van der Waals surface area (Å²) in [5.74, 6) is 0. The molecule has 0 bridgehead atoms. The maximum Gasteiger partial charge on any atom is 0.0966 e. The standard InChI is InChI=1S/C6H16N2O3/c9-3-1-8-6-11-4-2-7-5-10/h7-10H,1-6H2. The van der Waals surface area contributed by atoms with Crippen molar-refractivity contribution < 1.29 is 14.9 Å². The number of hydrogen-bond donors (Lipinski definition) is 4. The number of ether oxygens (including phenoxy) is 1. The number of aliphatic hydroxyl groups is 2. The van der Waals surface area contributed by atoms with E-state index < -0.39 is 0 Å². The summed E-state index contributed by atoms with van der Waals surface area (Å²) >= 11 is 0. The van der Waals surface area contributed by atoms with E-state index in [1.807, 2.05) is 0 Å². The Labute approximate surface area is 66.4 Å². The summed E-state index contributed by atoms with van der Waals surface area (Å²) in [5, 5.41) is 22.2. The molecule has 0 fully saturated rings. The van der Waals surface area contributed by atoms with Gasteiger partial charge in [0.05, 0.1) is 26.7 Å². The quantitative estimate of drug-likeness (QED) is 0.249. The third kappa shape index (κ3) is 9.80. The fourth-order valence-electron chi connectivity index (χ4n) is 0.519. The Morgan fingerprint density at radius 2 is 1.91 bits per heavy atom. The van der Waals surface area contributed by atoms with Gasteiger partial charge in [0.15, 0.2) is 0 Å². The van der Waals surface area contributed by atoms with E-state index in [-0.39, 0.29) is 13.3 Å². The zero-order valence-electron chi connectivity index (χ0n) is 6.55. The monoisotopic (exact) mass is 164 g/mol. The fourth-order valence-corrected chi connectivity index (χ4v) is 0.519. The summed E-state index contributed by atoms with van der Waals surface area (Å²) in [5.41, 5.74) is 0. The summed E-state index contributed by atoms with van der Waals surface area (Å²) in [6.07, 6.45) is 0. The second-order valence-corrected chi connectivity index (χ2v) is 1.93. The Morgan fingerprint density at radius 3 is 2.55 bits per heavy atom. The molecule has 0 rings (SSSR count). The van der Waals surface area contributed by atoms with Crippen LogP contribution in [0.3, 0.4) is 0 Å². The second kappa shape index (κ2) is 9.80. The minimum atomic E-state index is -0.0204. The molecule has 0 aromatic rings. The van der Waals surface area contributed by atoms with E-state index >= 15 is 0 Å². The van der Waals surface area contributed by atoms with Crippen LogP contribution in [0.15, 0.2) is 0 Å². The summed E-state index contributed by atoms with van der Waals surface area (Å²) in [4.78, 5) is 0. The average Bonchev–Trinajstić information content (AvgIpc) is 2.03. The molecule has 0 aliphatic rings. The van der Waals surface area contributed by atoms with E-state index in [1.54, 1.807) is 0 Å². The van der Waals surface area contributed by atoms with Crippen LogP contribution in [0.1, 0.15) is 0 Å². The zero-order valence-corrected chi connectivity index (χ0v) is 6.55. The maximum absolute atomic E-state index is 8.34. The molecule has 68 valence electrons. The van der Waals surface area contributed by atoms with E-state index in [0.717, 1.165) is 0 Å². The third-order valence-electron chi connectivity index (χ3n) is 1.03. The summed E-state index contributed by atoms with van der Waals surface area (Å²) in [6, 6.07) is 0. The first-order valence-corrected chi connectivity index (χ1v) is 3.62. The molecular formula is C6H16N2O3. The van der Waals surface area contributed by atoms with E-state index in [9.17, 15) is 0 Å². The van der Waals surface area contributed by atoms with E-state index in [0.29, 0.717) is 26.4 Å². The van der Waals surface area contributed by atoms with Crippen LogP contribution in [-0.2, 0) is 4.74 Å². The Kier molecular flexibility index (Phi) is 9.62. The molecule has 0 aliphatic carbocycles. The van der Waals surface area contributed by atoms with Gasteiger partial charge in [-0.2, -0.15) is 0 Å². The van der Waals surface area contributed by atoms with Crippen molar-refractivity contribution in [3.63, 3.8) is 0 Å². The molecule has 11 heavy (non-hydrogen) atoms. The SMILES string of the molecule is OCCNCOCCNCO. The van der Waals surface area contributed by atoms with Crippen LogP contribution in [0.5, 0.6) is 0 Å². The number of nitrogens with one attached hydrogen (secondary N) is 2. The van der Waals surface area contributed by atoms with Crippen molar-refractivity contribution in [2.24, 2.45) is 0 Å². The molecule has 0 heterocycles. The molecule has 0 saturated carbocycles. The van der Waals surface area contributed by atoms with Gasteiger partial charge in [-0.25, -0.2) is 0 Å². The van der Waals surface area contributed by atoms with Gasteiger partial charge in [0.1, 0.15) is 0 Å². The van der Waals surface area contributed by atoms with Crippen molar-refractivity contribution in [2.45, 2.75) is 0 Å². The predicted octanol–water partition coefficient (Wildman–Crippen LogP) is -1.92. The van der Waals surface area contributed by atoms with Crippen LogP contribution in [-0.4, -0.2) is 50.0 Å². The van der Waals surface area contributed by atoms with Gasteiger partial charge in [-0.05, 0) is 0 Å². The van der Waals surface area contributed by atoms with E-state index in [4.69, 9.17) is 14.9 Å². The largest absolute Gasteiger partial charge is 0.395 e. The van der Waals surface area contributed by atoms with Crippen molar-refractivity contribution in [3.05, 3.63) is 0 Å². The molecule has 0 unspecified atom stereocenters. The first-order valence-electron chi connectivity index (χ1n) is 3.62. The third-order valence-corrected chi connectivity index (χ3v) is 1.03. The van der Waals surface area contributed by atoms with Crippen LogP contribution in [0, 0.1) is 0 Å². The highest BCUT2D eigenvalue weighted by Gasteiger charge is 1.85. The predicted molar refractivity (Wildman–Crippen MR) is 41.0 cm³/mol. The van der Waals surface area contributed by atoms with Gasteiger partial charge < -0.3 is 14.9 Å². The fraction of sp³-hybridized carbons (Fsp3) is 1.00. The molecule has 0 aromatic carbocycles. The maximum atomic E-state index is 8.34. The van der Waals surface area contributed by atoms with Crippen molar-refractivity contribution in [1.29, 1.82) is 0 Å². The molecule has 5 heteroatoms. The zero-order chi connectivity index (χ0) is 8.36. The molecule has 0 amide bonds. The highest BCUT2D eigenvalue weighted by molar-refractivity contribution is 4.38. The number of rotatable bonds is 8. The van der Waals surface area contributed by atoms with Gasteiger partial charge in [0.2, 0.25) is 0 Å². The lowest BCUT2D eigenvalue weighted by molar-refractivity contribution is 0.108. The van der Waals surface area contributed by atoms with Crippen molar-refractivity contribution in [3.8, 4) is 0 Å². The van der Waals surface area contributed by atoms with Crippen LogP contribution in [0.4, 0.5) is 0 Å². The number of hydrogen-bond acceptors (Lipinski definition) is 5. The lowest BCUT2D eigenvalue weighted by Gasteiger charge is -2.04. The normalized spacial score (nSPS) is 10.4. The minimum absolute atomic E-state index is 0.0204. The molecule has 0 aliphatic heterocycles. The molecular weight excluding hydrogens is 148 g/mol.